The van der Waals surface area contributed by atoms with E-state index in [4.69, 9.17) is 9.47 Å². The number of carbonyl (C=O) groups excluding carboxylic acids is 3. The molecule has 1 aromatic carbocycles. The van der Waals surface area contributed by atoms with E-state index in [0.29, 0.717) is 19.4 Å². The first-order valence-electron chi connectivity index (χ1n) is 11.1. The van der Waals surface area contributed by atoms with E-state index in [1.165, 1.54) is 4.90 Å². The van der Waals surface area contributed by atoms with Gasteiger partial charge in [-0.1, -0.05) is 30.3 Å². The van der Waals surface area contributed by atoms with Crippen molar-refractivity contribution in [2.75, 3.05) is 6.54 Å². The van der Waals surface area contributed by atoms with Gasteiger partial charge in [-0.2, -0.15) is 0 Å². The molecule has 8 nitrogen and oxygen atoms in total. The molecule has 2 heterocycles. The van der Waals surface area contributed by atoms with E-state index in [2.05, 4.69) is 10.3 Å². The van der Waals surface area contributed by atoms with Gasteiger partial charge in [0.15, 0.2) is 0 Å². The molecule has 1 aliphatic rings. The number of pyridine rings is 1. The van der Waals surface area contributed by atoms with Gasteiger partial charge in [0.05, 0.1) is 0 Å². The van der Waals surface area contributed by atoms with Crippen LogP contribution in [0.1, 0.15) is 44.7 Å². The summed E-state index contributed by atoms with van der Waals surface area (Å²) in [6.07, 6.45) is 4.04. The molecular weight excluding hydrogens is 422 g/mol. The van der Waals surface area contributed by atoms with Crippen molar-refractivity contribution in [1.82, 2.24) is 15.2 Å². The van der Waals surface area contributed by atoms with Crippen molar-refractivity contribution in [1.29, 1.82) is 0 Å². The van der Waals surface area contributed by atoms with Crippen LogP contribution in [-0.2, 0) is 32.1 Å². The molecule has 1 N–H and O–H groups in total. The summed E-state index contributed by atoms with van der Waals surface area (Å²) in [7, 11) is 0. The van der Waals surface area contributed by atoms with Crippen molar-refractivity contribution < 1.29 is 23.9 Å². The molecule has 1 fully saturated rings. The van der Waals surface area contributed by atoms with Crippen LogP contribution in [0.5, 0.6) is 0 Å². The standard InChI is InChI=1S/C25H31N3O5/c1-25(2,3)33-24(31)27-20(16-18-11-13-26-14-12-18)22(29)28-15-7-10-21(28)23(30)32-17-19-8-5-4-6-9-19/h4-6,8-9,11-14,20-21H,7,10,15-17H2,1-3H3,(H,27,31)/t20-,21+/m0/s1. The van der Waals surface area contributed by atoms with E-state index in [-0.39, 0.29) is 18.9 Å². The quantitative estimate of drug-likeness (QED) is 0.647. The second-order valence-electron chi connectivity index (χ2n) is 9.04. The van der Waals surface area contributed by atoms with Crippen molar-refractivity contribution in [3.05, 3.63) is 66.0 Å². The lowest BCUT2D eigenvalue weighted by Gasteiger charge is -2.29. The van der Waals surface area contributed by atoms with Crippen molar-refractivity contribution in [2.45, 2.75) is 64.3 Å². The fourth-order valence-electron chi connectivity index (χ4n) is 3.71. The Kier molecular flexibility index (Phi) is 8.03. The summed E-state index contributed by atoms with van der Waals surface area (Å²) in [5.41, 5.74) is 1.01. The summed E-state index contributed by atoms with van der Waals surface area (Å²) in [6.45, 7) is 5.84. The largest absolute Gasteiger partial charge is 0.459 e. The number of benzene rings is 1. The summed E-state index contributed by atoms with van der Waals surface area (Å²) in [5, 5.41) is 2.69. The van der Waals surface area contributed by atoms with Crippen LogP contribution >= 0.6 is 0 Å². The highest BCUT2D eigenvalue weighted by molar-refractivity contribution is 5.90. The zero-order chi connectivity index (χ0) is 23.8. The molecule has 0 spiro atoms. The molecular formula is C25H31N3O5. The lowest BCUT2D eigenvalue weighted by atomic mass is 10.1. The smallest absolute Gasteiger partial charge is 0.408 e. The average Bonchev–Trinajstić information content (AvgIpc) is 3.27. The van der Waals surface area contributed by atoms with Crippen LogP contribution < -0.4 is 5.32 Å². The molecule has 0 radical (unpaired) electrons. The molecule has 1 aromatic heterocycles. The Morgan fingerprint density at radius 1 is 1.09 bits per heavy atom. The maximum atomic E-state index is 13.5. The van der Waals surface area contributed by atoms with Crippen LogP contribution in [0.4, 0.5) is 4.79 Å². The minimum absolute atomic E-state index is 0.148. The predicted molar refractivity (Wildman–Crippen MR) is 122 cm³/mol. The van der Waals surface area contributed by atoms with Crippen LogP contribution in [0.3, 0.4) is 0 Å². The van der Waals surface area contributed by atoms with Crippen molar-refractivity contribution in [3.63, 3.8) is 0 Å². The third-order valence-corrected chi connectivity index (χ3v) is 5.21. The van der Waals surface area contributed by atoms with Crippen LogP contribution in [0.2, 0.25) is 0 Å². The zero-order valence-electron chi connectivity index (χ0n) is 19.3. The molecule has 33 heavy (non-hydrogen) atoms. The van der Waals surface area contributed by atoms with Gasteiger partial charge >= 0.3 is 12.1 Å². The van der Waals surface area contributed by atoms with E-state index < -0.39 is 29.7 Å². The van der Waals surface area contributed by atoms with Gasteiger partial charge in [-0.05, 0) is 56.9 Å². The highest BCUT2D eigenvalue weighted by atomic mass is 16.6. The lowest BCUT2D eigenvalue weighted by molar-refractivity contribution is -0.155. The second-order valence-corrected chi connectivity index (χ2v) is 9.04. The van der Waals surface area contributed by atoms with E-state index in [1.54, 1.807) is 45.3 Å². The summed E-state index contributed by atoms with van der Waals surface area (Å²) in [4.78, 5) is 44.2. The molecule has 1 saturated heterocycles. The number of nitrogens with zero attached hydrogens (tertiary/aromatic N) is 2. The molecule has 0 unspecified atom stereocenters. The number of rotatable bonds is 7. The predicted octanol–water partition coefficient (Wildman–Crippen LogP) is 3.25. The molecule has 176 valence electrons. The molecule has 0 bridgehead atoms. The second kappa shape index (κ2) is 10.9. The first-order chi connectivity index (χ1) is 15.7. The number of hydrogen-bond donors (Lipinski definition) is 1. The van der Waals surface area contributed by atoms with Crippen molar-refractivity contribution in [2.24, 2.45) is 0 Å². The minimum atomic E-state index is -0.884. The average molecular weight is 454 g/mol. The van der Waals surface area contributed by atoms with Crippen LogP contribution in [-0.4, -0.2) is 52.1 Å². The fourth-order valence-corrected chi connectivity index (χ4v) is 3.71. The molecule has 0 saturated carbocycles. The summed E-state index contributed by atoms with van der Waals surface area (Å²) >= 11 is 0. The van der Waals surface area contributed by atoms with Gasteiger partial charge in [0.2, 0.25) is 5.91 Å². The monoisotopic (exact) mass is 453 g/mol. The van der Waals surface area contributed by atoms with Crippen molar-refractivity contribution >= 4 is 18.0 Å². The summed E-state index contributed by atoms with van der Waals surface area (Å²) in [6, 6.07) is 11.4. The first-order valence-corrected chi connectivity index (χ1v) is 11.1. The van der Waals surface area contributed by atoms with E-state index in [1.807, 2.05) is 30.3 Å². The Labute approximate surface area is 194 Å². The zero-order valence-corrected chi connectivity index (χ0v) is 19.3. The summed E-state index contributed by atoms with van der Waals surface area (Å²) in [5.74, 6) is -0.776. The number of carbonyl (C=O) groups is 3. The minimum Gasteiger partial charge on any atom is -0.459 e. The highest BCUT2D eigenvalue weighted by Crippen LogP contribution is 2.21. The number of likely N-dealkylation sites (tertiary alicyclic amines) is 1. The van der Waals surface area contributed by atoms with Crippen molar-refractivity contribution in [3.8, 4) is 0 Å². The van der Waals surface area contributed by atoms with Gasteiger partial charge < -0.3 is 19.7 Å². The van der Waals surface area contributed by atoms with Gasteiger partial charge in [0.1, 0.15) is 24.3 Å². The maximum Gasteiger partial charge on any atom is 0.408 e. The number of alkyl carbamates (subject to hydrolysis) is 1. The fraction of sp³-hybridized carbons (Fsp3) is 0.440. The number of ether oxygens (including phenoxy) is 2. The van der Waals surface area contributed by atoms with Crippen LogP contribution in [0.15, 0.2) is 54.9 Å². The van der Waals surface area contributed by atoms with Gasteiger partial charge in [-0.15, -0.1) is 0 Å². The van der Waals surface area contributed by atoms with E-state index in [9.17, 15) is 14.4 Å². The third kappa shape index (κ3) is 7.30. The third-order valence-electron chi connectivity index (χ3n) is 5.21. The number of aromatic nitrogens is 1. The topological polar surface area (TPSA) is 97.8 Å². The summed E-state index contributed by atoms with van der Waals surface area (Å²) < 4.78 is 10.8. The Morgan fingerprint density at radius 2 is 1.79 bits per heavy atom. The van der Waals surface area contributed by atoms with Gasteiger partial charge in [-0.25, -0.2) is 9.59 Å². The molecule has 1 aliphatic heterocycles. The normalized spacial score (nSPS) is 16.7. The molecule has 2 aromatic rings. The molecule has 3 rings (SSSR count). The molecule has 0 aliphatic carbocycles. The van der Waals surface area contributed by atoms with E-state index >= 15 is 0 Å². The van der Waals surface area contributed by atoms with Gasteiger partial charge in [-0.3, -0.25) is 9.78 Å². The number of amides is 2. The number of esters is 1. The highest BCUT2D eigenvalue weighted by Gasteiger charge is 2.39. The van der Waals surface area contributed by atoms with Gasteiger partial charge in [0.25, 0.3) is 0 Å². The van der Waals surface area contributed by atoms with E-state index in [0.717, 1.165) is 11.1 Å². The first kappa shape index (κ1) is 24.2. The molecule has 8 heteroatoms. The number of nitrogens with one attached hydrogen (secondary N) is 1. The molecule has 2 amide bonds. The van der Waals surface area contributed by atoms with Crippen LogP contribution in [0.25, 0.3) is 0 Å². The van der Waals surface area contributed by atoms with Gasteiger partial charge in [0, 0.05) is 25.4 Å². The molecule has 2 atom stereocenters. The Morgan fingerprint density at radius 3 is 2.45 bits per heavy atom. The Bertz CT molecular complexity index is 944. The number of hydrogen-bond acceptors (Lipinski definition) is 6. The van der Waals surface area contributed by atoms with Crippen LogP contribution in [0, 0.1) is 0 Å². The Hall–Kier alpha value is -3.42. The SMILES string of the molecule is CC(C)(C)OC(=O)N[C@@H](Cc1ccncc1)C(=O)N1CCC[C@@H]1C(=O)OCc1ccccc1. The lowest BCUT2D eigenvalue weighted by Crippen LogP contribution is -2.53. The maximum absolute atomic E-state index is 13.5. The Balaban J connectivity index is 1.70.